The summed E-state index contributed by atoms with van der Waals surface area (Å²) in [6.07, 6.45) is 2.58. The Bertz CT molecular complexity index is 763. The number of thiol groups is 1. The Morgan fingerprint density at radius 1 is 1.23 bits per heavy atom. The number of carbonyl (C=O) groups is 1. The second-order valence-electron chi connectivity index (χ2n) is 6.93. The average Bonchev–Trinajstić information content (AvgIpc) is 3.05. The third-order valence-corrected chi connectivity index (χ3v) is 5.23. The summed E-state index contributed by atoms with van der Waals surface area (Å²) in [4.78, 5) is 12.1. The van der Waals surface area contributed by atoms with Gasteiger partial charge in [-0.05, 0) is 61.6 Å². The first kappa shape index (κ1) is 18.9. The van der Waals surface area contributed by atoms with Gasteiger partial charge in [0, 0.05) is 35.6 Å². The van der Waals surface area contributed by atoms with E-state index >= 15 is 0 Å². The number of Topliss-reactive ketones (excluding diaryl/α,β-unsaturated/α-hetero) is 1. The summed E-state index contributed by atoms with van der Waals surface area (Å²) in [6.45, 7) is 3.37. The normalized spacial score (nSPS) is 19.5. The molecule has 1 fully saturated rings. The van der Waals surface area contributed by atoms with Crippen LogP contribution in [0.25, 0.3) is 0 Å². The van der Waals surface area contributed by atoms with E-state index in [1.807, 2.05) is 18.2 Å². The largest absolute Gasteiger partial charge is 0.383 e. The van der Waals surface area contributed by atoms with Crippen molar-refractivity contribution < 1.29 is 9.18 Å². The van der Waals surface area contributed by atoms with Crippen molar-refractivity contribution in [3.8, 4) is 0 Å². The second-order valence-corrected chi connectivity index (χ2v) is 7.66. The molecule has 0 spiro atoms. The maximum atomic E-state index is 13.0. The number of carbonyl (C=O) groups excluding carboxylic acids is 1. The molecule has 5 heteroatoms. The van der Waals surface area contributed by atoms with Crippen molar-refractivity contribution >= 4 is 24.1 Å². The highest BCUT2D eigenvalue weighted by molar-refractivity contribution is 7.81. The second kappa shape index (κ2) is 8.69. The Morgan fingerprint density at radius 3 is 2.65 bits per heavy atom. The summed E-state index contributed by atoms with van der Waals surface area (Å²) in [5.41, 5.74) is 3.81. The molecule has 3 rings (SSSR count). The fourth-order valence-electron chi connectivity index (χ4n) is 3.36. The molecular formula is C21H25FN2OS. The summed E-state index contributed by atoms with van der Waals surface area (Å²) in [5.74, 6) is -0.160. The van der Waals surface area contributed by atoms with Crippen LogP contribution < -0.4 is 10.6 Å². The summed E-state index contributed by atoms with van der Waals surface area (Å²) >= 11 is 4.49. The smallest absolute Gasteiger partial charge is 0.160 e. The van der Waals surface area contributed by atoms with E-state index in [-0.39, 0.29) is 11.6 Å². The summed E-state index contributed by atoms with van der Waals surface area (Å²) < 4.78 is 13.0. The number of halogens is 1. The lowest BCUT2D eigenvalue weighted by atomic mass is 9.97. The van der Waals surface area contributed by atoms with Crippen LogP contribution in [0, 0.1) is 5.82 Å². The van der Waals surface area contributed by atoms with E-state index in [4.69, 9.17) is 0 Å². The fraction of sp³-hybridized carbons (Fsp3) is 0.381. The number of nitrogens with one attached hydrogen (secondary N) is 2. The van der Waals surface area contributed by atoms with Crippen LogP contribution in [-0.2, 0) is 12.8 Å². The van der Waals surface area contributed by atoms with Gasteiger partial charge in [-0.1, -0.05) is 18.2 Å². The zero-order chi connectivity index (χ0) is 18.5. The molecule has 0 bridgehead atoms. The molecule has 1 saturated heterocycles. The maximum absolute atomic E-state index is 13.0. The molecule has 0 saturated carbocycles. The molecule has 26 heavy (non-hydrogen) atoms. The predicted molar refractivity (Wildman–Crippen MR) is 108 cm³/mol. The minimum atomic E-state index is -0.227. The molecule has 1 aliphatic heterocycles. The van der Waals surface area contributed by atoms with Crippen LogP contribution in [-0.4, -0.2) is 30.2 Å². The van der Waals surface area contributed by atoms with E-state index in [1.54, 1.807) is 19.1 Å². The van der Waals surface area contributed by atoms with Gasteiger partial charge >= 0.3 is 0 Å². The lowest BCUT2D eigenvalue weighted by molar-refractivity contribution is 0.101. The minimum Gasteiger partial charge on any atom is -0.383 e. The molecule has 3 nitrogen and oxygen atoms in total. The minimum absolute atomic E-state index is 0.0668. The van der Waals surface area contributed by atoms with Crippen molar-refractivity contribution in [3.63, 3.8) is 0 Å². The number of benzene rings is 2. The van der Waals surface area contributed by atoms with Crippen molar-refractivity contribution in [1.82, 2.24) is 5.32 Å². The van der Waals surface area contributed by atoms with E-state index in [9.17, 15) is 9.18 Å². The lowest BCUT2D eigenvalue weighted by Crippen LogP contribution is -2.29. The predicted octanol–water partition coefficient (Wildman–Crippen LogP) is 3.89. The highest BCUT2D eigenvalue weighted by Crippen LogP contribution is 2.20. The fourth-order valence-corrected chi connectivity index (χ4v) is 3.72. The van der Waals surface area contributed by atoms with Gasteiger partial charge in [0.2, 0.25) is 0 Å². The zero-order valence-electron chi connectivity index (χ0n) is 15.0. The van der Waals surface area contributed by atoms with Crippen molar-refractivity contribution in [2.24, 2.45) is 0 Å². The molecule has 0 aliphatic carbocycles. The third-order valence-electron chi connectivity index (χ3n) is 4.84. The Kier molecular flexibility index (Phi) is 6.33. The molecule has 2 atom stereocenters. The molecule has 1 heterocycles. The quantitative estimate of drug-likeness (QED) is 0.510. The monoisotopic (exact) mass is 372 g/mol. The topological polar surface area (TPSA) is 41.1 Å². The Balaban J connectivity index is 1.64. The van der Waals surface area contributed by atoms with Crippen molar-refractivity contribution in [1.29, 1.82) is 0 Å². The number of anilines is 1. The van der Waals surface area contributed by atoms with Crippen molar-refractivity contribution in [3.05, 3.63) is 65.0 Å². The van der Waals surface area contributed by atoms with Crippen LogP contribution in [0.15, 0.2) is 42.5 Å². The third kappa shape index (κ3) is 5.08. The number of aryl methyl sites for hydroxylation is 2. The molecular weight excluding hydrogens is 347 g/mol. The van der Waals surface area contributed by atoms with E-state index < -0.39 is 0 Å². The van der Waals surface area contributed by atoms with Gasteiger partial charge in [0.25, 0.3) is 0 Å². The SMILES string of the molecule is CC(=O)c1cc(NCC2CC(S)CN2)ccc1CCc1ccc(F)cc1. The van der Waals surface area contributed by atoms with Crippen LogP contribution in [0.4, 0.5) is 10.1 Å². The van der Waals surface area contributed by atoms with E-state index in [2.05, 4.69) is 23.3 Å². The average molecular weight is 373 g/mol. The van der Waals surface area contributed by atoms with Crippen molar-refractivity contribution in [2.45, 2.75) is 37.5 Å². The molecule has 0 amide bonds. The first-order valence-corrected chi connectivity index (χ1v) is 9.56. The van der Waals surface area contributed by atoms with Gasteiger partial charge < -0.3 is 10.6 Å². The zero-order valence-corrected chi connectivity index (χ0v) is 15.9. The van der Waals surface area contributed by atoms with Crippen LogP contribution >= 0.6 is 12.6 Å². The lowest BCUT2D eigenvalue weighted by Gasteiger charge is -2.15. The van der Waals surface area contributed by atoms with E-state index in [1.165, 1.54) is 12.1 Å². The van der Waals surface area contributed by atoms with Crippen LogP contribution in [0.3, 0.4) is 0 Å². The molecule has 1 aliphatic rings. The highest BCUT2D eigenvalue weighted by Gasteiger charge is 2.20. The number of hydrogen-bond acceptors (Lipinski definition) is 4. The first-order chi connectivity index (χ1) is 12.5. The van der Waals surface area contributed by atoms with E-state index in [0.29, 0.717) is 11.3 Å². The van der Waals surface area contributed by atoms with Gasteiger partial charge in [-0.25, -0.2) is 4.39 Å². The van der Waals surface area contributed by atoms with Gasteiger partial charge in [-0.2, -0.15) is 12.6 Å². The summed E-state index contributed by atoms with van der Waals surface area (Å²) in [6, 6.07) is 12.9. The summed E-state index contributed by atoms with van der Waals surface area (Å²) in [7, 11) is 0. The van der Waals surface area contributed by atoms with Gasteiger partial charge in [-0.15, -0.1) is 0 Å². The molecule has 138 valence electrons. The Morgan fingerprint density at radius 2 is 2.00 bits per heavy atom. The Hall–Kier alpha value is -1.85. The van der Waals surface area contributed by atoms with Crippen LogP contribution in [0.5, 0.6) is 0 Å². The summed E-state index contributed by atoms with van der Waals surface area (Å²) in [5, 5.41) is 7.27. The molecule has 2 N–H and O–H groups in total. The van der Waals surface area contributed by atoms with Gasteiger partial charge in [-0.3, -0.25) is 4.79 Å². The van der Waals surface area contributed by atoms with Gasteiger partial charge in [0.15, 0.2) is 5.78 Å². The standard InChI is InChI=1S/C21H25FN2OS/c1-14(25)21-11-18(23-12-19-10-20(26)13-24-19)9-6-16(21)5-2-15-3-7-17(22)8-4-15/h3-4,6-9,11,19-20,23-24,26H,2,5,10,12-13H2,1H3. The molecule has 2 unspecified atom stereocenters. The maximum Gasteiger partial charge on any atom is 0.160 e. The highest BCUT2D eigenvalue weighted by atomic mass is 32.1. The molecule has 0 aromatic heterocycles. The van der Waals surface area contributed by atoms with E-state index in [0.717, 1.165) is 54.7 Å². The number of ketones is 1. The number of hydrogen-bond donors (Lipinski definition) is 3. The first-order valence-electron chi connectivity index (χ1n) is 9.05. The molecule has 2 aromatic rings. The Labute approximate surface area is 159 Å². The van der Waals surface area contributed by atoms with Crippen molar-refractivity contribution in [2.75, 3.05) is 18.4 Å². The van der Waals surface area contributed by atoms with Crippen LogP contribution in [0.2, 0.25) is 0 Å². The van der Waals surface area contributed by atoms with Crippen LogP contribution in [0.1, 0.15) is 34.8 Å². The van der Waals surface area contributed by atoms with Gasteiger partial charge in [0.1, 0.15) is 5.82 Å². The molecule has 0 radical (unpaired) electrons. The molecule has 2 aromatic carbocycles. The van der Waals surface area contributed by atoms with Gasteiger partial charge in [0.05, 0.1) is 0 Å². The number of rotatable bonds is 7.